The monoisotopic (exact) mass is 560 g/mol. The van der Waals surface area contributed by atoms with Gasteiger partial charge in [-0.05, 0) is 69.5 Å². The number of hydrogen-bond donors (Lipinski definition) is 2. The van der Waals surface area contributed by atoms with Crippen LogP contribution in [-0.2, 0) is 10.3 Å². The van der Waals surface area contributed by atoms with Gasteiger partial charge < -0.3 is 14.7 Å². The van der Waals surface area contributed by atoms with Gasteiger partial charge in [-0.15, -0.1) is 18.3 Å². The van der Waals surface area contributed by atoms with Crippen molar-refractivity contribution in [3.63, 3.8) is 0 Å². The number of carbonyl (C=O) groups is 1. The maximum Gasteiger partial charge on any atom is 0.422 e. The summed E-state index contributed by atoms with van der Waals surface area (Å²) in [5, 5.41) is 12.9. The predicted octanol–water partition coefficient (Wildman–Crippen LogP) is 5.42. The minimum Gasteiger partial charge on any atom is -0.444 e. The SMILES string of the molecule is C#CCC(O)(c1ccc(N2CCN(Sc3ccc(NC(=O)OC(C)(C)C)nc3)CC2C#CC)cc1)C(F)(F)F. The molecule has 1 amide bonds. The number of carbonyl (C=O) groups excluding carboxylic acids is 1. The number of benzene rings is 1. The van der Waals surface area contributed by atoms with Crippen molar-refractivity contribution in [1.82, 2.24) is 9.29 Å². The molecule has 39 heavy (non-hydrogen) atoms. The first kappa shape index (κ1) is 30.2. The number of alkyl halides is 3. The number of aromatic nitrogens is 1. The molecule has 1 aromatic carbocycles. The number of aliphatic hydroxyl groups is 1. The quantitative estimate of drug-likeness (QED) is 0.361. The van der Waals surface area contributed by atoms with Gasteiger partial charge in [0.05, 0.1) is 6.42 Å². The summed E-state index contributed by atoms with van der Waals surface area (Å²) in [5.41, 5.74) is -3.33. The molecule has 0 radical (unpaired) electrons. The van der Waals surface area contributed by atoms with Crippen molar-refractivity contribution in [2.75, 3.05) is 29.9 Å². The van der Waals surface area contributed by atoms with Gasteiger partial charge in [0.25, 0.3) is 0 Å². The number of amides is 1. The number of pyridine rings is 1. The van der Waals surface area contributed by atoms with Crippen LogP contribution in [0.3, 0.4) is 0 Å². The number of nitrogens with one attached hydrogen (secondary N) is 1. The molecule has 1 aromatic heterocycles. The van der Waals surface area contributed by atoms with Crippen LogP contribution in [0.15, 0.2) is 47.5 Å². The Labute approximate surface area is 231 Å². The highest BCUT2D eigenvalue weighted by atomic mass is 32.2. The molecule has 1 fully saturated rings. The van der Waals surface area contributed by atoms with Crippen molar-refractivity contribution < 1.29 is 27.8 Å². The van der Waals surface area contributed by atoms with Gasteiger partial charge in [0, 0.05) is 36.4 Å². The molecule has 208 valence electrons. The van der Waals surface area contributed by atoms with Gasteiger partial charge in [0.2, 0.25) is 0 Å². The lowest BCUT2D eigenvalue weighted by Crippen LogP contribution is -2.50. The van der Waals surface area contributed by atoms with Gasteiger partial charge in [0.1, 0.15) is 17.5 Å². The zero-order valence-corrected chi connectivity index (χ0v) is 23.0. The standard InChI is InChI=1S/C28H31F3N4O3S/c1-6-8-22-19-34(39-23-13-14-24(32-18-23)33-25(36)38-26(3,4)5)16-17-35(22)21-11-9-20(10-12-21)27(37,15-7-2)28(29,30)31/h2,9-14,18,22,37H,15-17,19H2,1,3-5H3,(H,32,33,36). The Bertz CT molecular complexity index is 1250. The third kappa shape index (κ3) is 7.82. The topological polar surface area (TPSA) is 77.9 Å². The van der Waals surface area contributed by atoms with Crippen LogP contribution in [0.4, 0.5) is 29.5 Å². The maximum atomic E-state index is 13.5. The third-order valence-corrected chi connectivity index (χ3v) is 6.80. The van der Waals surface area contributed by atoms with Crippen molar-refractivity contribution >= 4 is 29.5 Å². The van der Waals surface area contributed by atoms with E-state index in [2.05, 4.69) is 26.4 Å². The van der Waals surface area contributed by atoms with Crippen molar-refractivity contribution in [3.8, 4) is 24.2 Å². The third-order valence-electron chi connectivity index (χ3n) is 5.76. The molecule has 1 aliphatic rings. The van der Waals surface area contributed by atoms with Crippen molar-refractivity contribution in [3.05, 3.63) is 48.2 Å². The molecule has 0 spiro atoms. The second-order valence-electron chi connectivity index (χ2n) is 9.87. The number of ether oxygens (including phenoxy) is 1. The fourth-order valence-corrected chi connectivity index (χ4v) is 4.86. The zero-order valence-electron chi connectivity index (χ0n) is 22.2. The molecule has 1 aliphatic heterocycles. The molecule has 3 rings (SSSR count). The van der Waals surface area contributed by atoms with Crippen LogP contribution in [0.1, 0.15) is 39.7 Å². The van der Waals surface area contributed by atoms with Gasteiger partial charge in [-0.25, -0.2) is 14.1 Å². The highest BCUT2D eigenvalue weighted by Crippen LogP contribution is 2.42. The molecule has 2 unspecified atom stereocenters. The minimum absolute atomic E-state index is 0.213. The Morgan fingerprint density at radius 2 is 1.90 bits per heavy atom. The summed E-state index contributed by atoms with van der Waals surface area (Å²) in [4.78, 5) is 19.1. The van der Waals surface area contributed by atoms with E-state index in [0.717, 1.165) is 4.90 Å². The normalized spacial score (nSPS) is 17.8. The number of anilines is 2. The number of rotatable bonds is 6. The first-order valence-corrected chi connectivity index (χ1v) is 12.9. The van der Waals surface area contributed by atoms with Crippen LogP contribution >= 0.6 is 11.9 Å². The van der Waals surface area contributed by atoms with E-state index >= 15 is 0 Å². The summed E-state index contributed by atoms with van der Waals surface area (Å²) in [5.74, 6) is 8.40. The summed E-state index contributed by atoms with van der Waals surface area (Å²) in [6, 6.07) is 8.94. The molecule has 2 atom stereocenters. The molecule has 2 heterocycles. The average molecular weight is 561 g/mol. The van der Waals surface area contributed by atoms with E-state index in [1.165, 1.54) is 24.1 Å². The fourth-order valence-electron chi connectivity index (χ4n) is 3.95. The van der Waals surface area contributed by atoms with E-state index in [-0.39, 0.29) is 11.6 Å². The molecule has 1 saturated heterocycles. The Morgan fingerprint density at radius 1 is 1.21 bits per heavy atom. The second kappa shape index (κ2) is 12.2. The lowest BCUT2D eigenvalue weighted by atomic mass is 9.89. The maximum absolute atomic E-state index is 13.5. The lowest BCUT2D eigenvalue weighted by molar-refractivity contribution is -0.264. The van der Waals surface area contributed by atoms with Crippen LogP contribution in [0, 0.1) is 24.2 Å². The molecule has 0 bridgehead atoms. The van der Waals surface area contributed by atoms with E-state index in [0.29, 0.717) is 31.1 Å². The summed E-state index contributed by atoms with van der Waals surface area (Å²) >= 11 is 1.50. The Morgan fingerprint density at radius 3 is 2.44 bits per heavy atom. The molecular weight excluding hydrogens is 529 g/mol. The van der Waals surface area contributed by atoms with Crippen LogP contribution in [0.2, 0.25) is 0 Å². The number of piperazine rings is 1. The highest BCUT2D eigenvalue weighted by Gasteiger charge is 2.54. The predicted molar refractivity (Wildman–Crippen MR) is 146 cm³/mol. The Kier molecular flexibility index (Phi) is 9.44. The van der Waals surface area contributed by atoms with E-state index in [4.69, 9.17) is 11.2 Å². The van der Waals surface area contributed by atoms with E-state index in [1.54, 1.807) is 52.1 Å². The van der Waals surface area contributed by atoms with Gasteiger partial charge in [0.15, 0.2) is 5.60 Å². The Hall–Kier alpha value is -3.38. The molecule has 0 saturated carbocycles. The molecule has 0 aliphatic carbocycles. The van der Waals surface area contributed by atoms with Gasteiger partial charge >= 0.3 is 12.3 Å². The molecule has 2 aromatic rings. The van der Waals surface area contributed by atoms with Crippen LogP contribution in [0.25, 0.3) is 0 Å². The van der Waals surface area contributed by atoms with Crippen LogP contribution in [-0.4, -0.2) is 57.9 Å². The largest absolute Gasteiger partial charge is 0.444 e. The van der Waals surface area contributed by atoms with Crippen molar-refractivity contribution in [2.45, 2.75) is 62.4 Å². The number of hydrogen-bond acceptors (Lipinski definition) is 7. The smallest absolute Gasteiger partial charge is 0.422 e. The highest BCUT2D eigenvalue weighted by molar-refractivity contribution is 7.97. The van der Waals surface area contributed by atoms with E-state index in [1.807, 2.05) is 16.9 Å². The summed E-state index contributed by atoms with van der Waals surface area (Å²) in [6.45, 7) is 8.85. The fraction of sp³-hybridized carbons (Fsp3) is 0.429. The molecule has 2 N–H and O–H groups in total. The molecule has 11 heteroatoms. The first-order valence-electron chi connectivity index (χ1n) is 12.2. The van der Waals surface area contributed by atoms with Crippen molar-refractivity contribution in [1.29, 1.82) is 0 Å². The zero-order chi connectivity index (χ0) is 28.8. The average Bonchev–Trinajstić information content (AvgIpc) is 2.84. The van der Waals surface area contributed by atoms with Gasteiger partial charge in [-0.2, -0.15) is 13.2 Å². The molecular formula is C28H31F3N4O3S. The minimum atomic E-state index is -4.90. The van der Waals surface area contributed by atoms with Crippen molar-refractivity contribution in [2.24, 2.45) is 0 Å². The number of nitrogens with zero attached hydrogens (tertiary/aromatic N) is 3. The number of terminal acetylenes is 1. The lowest BCUT2D eigenvalue weighted by Gasteiger charge is -2.40. The summed E-state index contributed by atoms with van der Waals surface area (Å²) < 4.78 is 48.0. The van der Waals surface area contributed by atoms with Crippen LogP contribution in [0.5, 0.6) is 0 Å². The van der Waals surface area contributed by atoms with E-state index < -0.39 is 29.9 Å². The van der Waals surface area contributed by atoms with Crippen LogP contribution < -0.4 is 10.2 Å². The number of halogens is 3. The van der Waals surface area contributed by atoms with E-state index in [9.17, 15) is 23.1 Å². The summed E-state index contributed by atoms with van der Waals surface area (Å²) in [6.07, 6.45) is 0.390. The second-order valence-corrected chi connectivity index (χ2v) is 11.0. The Balaban J connectivity index is 1.67. The van der Waals surface area contributed by atoms with Gasteiger partial charge in [-0.1, -0.05) is 18.1 Å². The summed E-state index contributed by atoms with van der Waals surface area (Å²) in [7, 11) is 0. The first-order chi connectivity index (χ1) is 18.3. The van der Waals surface area contributed by atoms with Gasteiger partial charge in [-0.3, -0.25) is 5.32 Å². The molecule has 7 nitrogen and oxygen atoms in total.